The SMILES string of the molecule is COc1ncnc(OC)c1CNCc1cccc(F)c1. The van der Waals surface area contributed by atoms with Gasteiger partial charge in [0.25, 0.3) is 0 Å². The van der Waals surface area contributed by atoms with Crippen molar-refractivity contribution < 1.29 is 13.9 Å². The quantitative estimate of drug-likeness (QED) is 0.874. The van der Waals surface area contributed by atoms with Crippen molar-refractivity contribution in [3.63, 3.8) is 0 Å². The topological polar surface area (TPSA) is 56.3 Å². The van der Waals surface area contributed by atoms with Crippen molar-refractivity contribution in [3.05, 3.63) is 47.5 Å². The van der Waals surface area contributed by atoms with Crippen LogP contribution < -0.4 is 14.8 Å². The van der Waals surface area contributed by atoms with Crippen LogP contribution in [0.25, 0.3) is 0 Å². The number of nitrogens with zero attached hydrogens (tertiary/aromatic N) is 2. The Morgan fingerprint density at radius 3 is 2.40 bits per heavy atom. The fourth-order valence-corrected chi connectivity index (χ4v) is 1.86. The molecule has 1 aromatic heterocycles. The van der Waals surface area contributed by atoms with Gasteiger partial charge in [0.15, 0.2) is 0 Å². The lowest BCUT2D eigenvalue weighted by Gasteiger charge is -2.11. The third-order valence-electron chi connectivity index (χ3n) is 2.77. The van der Waals surface area contributed by atoms with Crippen LogP contribution in [0.2, 0.25) is 0 Å². The molecule has 0 aliphatic rings. The van der Waals surface area contributed by atoms with E-state index < -0.39 is 0 Å². The Morgan fingerprint density at radius 2 is 1.80 bits per heavy atom. The molecule has 0 unspecified atom stereocenters. The van der Waals surface area contributed by atoms with Gasteiger partial charge in [-0.05, 0) is 17.7 Å². The van der Waals surface area contributed by atoms with Crippen LogP contribution in [0, 0.1) is 5.82 Å². The lowest BCUT2D eigenvalue weighted by atomic mass is 10.2. The van der Waals surface area contributed by atoms with E-state index in [9.17, 15) is 4.39 Å². The van der Waals surface area contributed by atoms with E-state index in [-0.39, 0.29) is 5.82 Å². The minimum Gasteiger partial charge on any atom is -0.481 e. The molecular formula is C14H16FN3O2. The Morgan fingerprint density at radius 1 is 1.10 bits per heavy atom. The third kappa shape index (κ3) is 3.42. The molecule has 5 nitrogen and oxygen atoms in total. The molecule has 0 atom stereocenters. The van der Waals surface area contributed by atoms with E-state index in [0.29, 0.717) is 24.8 Å². The highest BCUT2D eigenvalue weighted by molar-refractivity contribution is 5.34. The third-order valence-corrected chi connectivity index (χ3v) is 2.77. The molecule has 0 radical (unpaired) electrons. The zero-order valence-electron chi connectivity index (χ0n) is 11.4. The normalized spacial score (nSPS) is 10.3. The highest BCUT2D eigenvalue weighted by Crippen LogP contribution is 2.22. The summed E-state index contributed by atoms with van der Waals surface area (Å²) < 4.78 is 23.4. The molecule has 0 amide bonds. The van der Waals surface area contributed by atoms with Gasteiger partial charge in [-0.15, -0.1) is 0 Å². The van der Waals surface area contributed by atoms with Crippen molar-refractivity contribution in [1.29, 1.82) is 0 Å². The highest BCUT2D eigenvalue weighted by atomic mass is 19.1. The summed E-state index contributed by atoms with van der Waals surface area (Å²) in [5.74, 6) is 0.676. The summed E-state index contributed by atoms with van der Waals surface area (Å²) in [6.45, 7) is 0.989. The number of benzene rings is 1. The van der Waals surface area contributed by atoms with E-state index in [1.165, 1.54) is 32.7 Å². The van der Waals surface area contributed by atoms with Gasteiger partial charge in [-0.2, -0.15) is 0 Å². The molecule has 6 heteroatoms. The Bertz CT molecular complexity index is 556. The average Bonchev–Trinajstić information content (AvgIpc) is 2.47. The van der Waals surface area contributed by atoms with Crippen molar-refractivity contribution in [2.75, 3.05) is 14.2 Å². The Kier molecular flexibility index (Phi) is 4.84. The van der Waals surface area contributed by atoms with Gasteiger partial charge in [-0.3, -0.25) is 0 Å². The van der Waals surface area contributed by atoms with E-state index in [4.69, 9.17) is 9.47 Å². The first-order chi connectivity index (χ1) is 9.74. The molecule has 106 valence electrons. The zero-order chi connectivity index (χ0) is 14.4. The number of aromatic nitrogens is 2. The second kappa shape index (κ2) is 6.81. The van der Waals surface area contributed by atoms with E-state index in [1.807, 2.05) is 6.07 Å². The summed E-state index contributed by atoms with van der Waals surface area (Å²) in [5, 5.41) is 3.19. The van der Waals surface area contributed by atoms with Crippen LogP contribution in [0.1, 0.15) is 11.1 Å². The average molecular weight is 277 g/mol. The Balaban J connectivity index is 2.03. The second-order valence-corrected chi connectivity index (χ2v) is 4.10. The summed E-state index contributed by atoms with van der Waals surface area (Å²) in [7, 11) is 3.08. The summed E-state index contributed by atoms with van der Waals surface area (Å²) in [6, 6.07) is 6.44. The number of ether oxygens (including phenoxy) is 2. The van der Waals surface area contributed by atoms with Gasteiger partial charge in [-0.25, -0.2) is 14.4 Å². The minimum atomic E-state index is -0.248. The van der Waals surface area contributed by atoms with Gasteiger partial charge in [0, 0.05) is 13.1 Å². The first-order valence-electron chi connectivity index (χ1n) is 6.11. The first-order valence-corrected chi connectivity index (χ1v) is 6.11. The van der Waals surface area contributed by atoms with Crippen LogP contribution in [-0.2, 0) is 13.1 Å². The standard InChI is InChI=1S/C14H16FN3O2/c1-19-13-12(14(20-2)18-9-17-13)8-16-7-10-4-3-5-11(15)6-10/h3-6,9,16H,7-8H2,1-2H3. The Hall–Kier alpha value is -2.21. The van der Waals surface area contributed by atoms with Gasteiger partial charge in [0.1, 0.15) is 12.1 Å². The number of hydrogen-bond acceptors (Lipinski definition) is 5. The van der Waals surface area contributed by atoms with Crippen LogP contribution in [0.4, 0.5) is 4.39 Å². The molecule has 0 aliphatic carbocycles. The molecule has 1 heterocycles. The molecule has 0 bridgehead atoms. The number of rotatable bonds is 6. The number of methoxy groups -OCH3 is 2. The van der Waals surface area contributed by atoms with Crippen molar-refractivity contribution in [2.24, 2.45) is 0 Å². The predicted octanol–water partition coefficient (Wildman–Crippen LogP) is 1.92. The van der Waals surface area contributed by atoms with Crippen LogP contribution in [-0.4, -0.2) is 24.2 Å². The summed E-state index contributed by atoms with van der Waals surface area (Å²) in [4.78, 5) is 8.06. The fraction of sp³-hybridized carbons (Fsp3) is 0.286. The maximum Gasteiger partial charge on any atom is 0.224 e. The molecule has 1 aromatic carbocycles. The molecule has 0 fully saturated rings. The smallest absolute Gasteiger partial charge is 0.224 e. The molecule has 2 aromatic rings. The van der Waals surface area contributed by atoms with Crippen molar-refractivity contribution in [2.45, 2.75) is 13.1 Å². The van der Waals surface area contributed by atoms with Crippen LogP contribution in [0.15, 0.2) is 30.6 Å². The fourth-order valence-electron chi connectivity index (χ4n) is 1.86. The van der Waals surface area contributed by atoms with Gasteiger partial charge < -0.3 is 14.8 Å². The van der Waals surface area contributed by atoms with Gasteiger partial charge in [0.05, 0.1) is 19.8 Å². The van der Waals surface area contributed by atoms with E-state index in [0.717, 1.165) is 11.1 Å². The summed E-state index contributed by atoms with van der Waals surface area (Å²) in [6.07, 6.45) is 1.38. The summed E-state index contributed by atoms with van der Waals surface area (Å²) >= 11 is 0. The molecule has 0 spiro atoms. The molecule has 2 rings (SSSR count). The molecule has 0 aliphatic heterocycles. The van der Waals surface area contributed by atoms with Gasteiger partial charge in [-0.1, -0.05) is 12.1 Å². The van der Waals surface area contributed by atoms with Crippen LogP contribution in [0.3, 0.4) is 0 Å². The monoisotopic (exact) mass is 277 g/mol. The summed E-state index contributed by atoms with van der Waals surface area (Å²) in [5.41, 5.74) is 1.59. The van der Waals surface area contributed by atoms with Crippen molar-refractivity contribution >= 4 is 0 Å². The number of nitrogens with one attached hydrogen (secondary N) is 1. The second-order valence-electron chi connectivity index (χ2n) is 4.10. The lowest BCUT2D eigenvalue weighted by molar-refractivity contribution is 0.359. The first kappa shape index (κ1) is 14.2. The van der Waals surface area contributed by atoms with Gasteiger partial charge in [0.2, 0.25) is 11.8 Å². The van der Waals surface area contributed by atoms with Crippen LogP contribution in [0.5, 0.6) is 11.8 Å². The van der Waals surface area contributed by atoms with Crippen LogP contribution >= 0.6 is 0 Å². The zero-order valence-corrected chi connectivity index (χ0v) is 11.4. The molecule has 1 N–H and O–H groups in total. The minimum absolute atomic E-state index is 0.248. The maximum absolute atomic E-state index is 13.1. The number of hydrogen-bond donors (Lipinski definition) is 1. The Labute approximate surface area is 116 Å². The highest BCUT2D eigenvalue weighted by Gasteiger charge is 2.12. The molecule has 0 saturated heterocycles. The largest absolute Gasteiger partial charge is 0.481 e. The maximum atomic E-state index is 13.1. The lowest BCUT2D eigenvalue weighted by Crippen LogP contribution is -2.15. The van der Waals surface area contributed by atoms with E-state index >= 15 is 0 Å². The number of halogens is 1. The van der Waals surface area contributed by atoms with E-state index in [1.54, 1.807) is 6.07 Å². The van der Waals surface area contributed by atoms with Crippen molar-refractivity contribution in [3.8, 4) is 11.8 Å². The molecule has 20 heavy (non-hydrogen) atoms. The predicted molar refractivity (Wildman–Crippen MR) is 72.1 cm³/mol. The van der Waals surface area contributed by atoms with Gasteiger partial charge >= 0.3 is 0 Å². The molecule has 0 saturated carbocycles. The van der Waals surface area contributed by atoms with Crippen molar-refractivity contribution in [1.82, 2.24) is 15.3 Å². The van der Waals surface area contributed by atoms with E-state index in [2.05, 4.69) is 15.3 Å². The molecular weight excluding hydrogens is 261 g/mol.